The summed E-state index contributed by atoms with van der Waals surface area (Å²) in [6, 6.07) is 0.386. The van der Waals surface area contributed by atoms with Crippen LogP contribution in [0.15, 0.2) is 0 Å². The molecule has 1 aromatic rings. The fraction of sp³-hybridized carbons (Fsp3) is 0.818. The van der Waals surface area contributed by atoms with E-state index in [0.29, 0.717) is 16.6 Å². The van der Waals surface area contributed by atoms with Crippen molar-refractivity contribution < 1.29 is 5.11 Å². The van der Waals surface area contributed by atoms with Gasteiger partial charge in [0.05, 0.1) is 0 Å². The first-order valence-corrected chi connectivity index (χ1v) is 6.66. The molecule has 96 valence electrons. The molecule has 0 atom stereocenters. The molecule has 0 unspecified atom stereocenters. The highest BCUT2D eigenvalue weighted by atomic mass is 32.1. The zero-order valence-electron chi connectivity index (χ0n) is 10.2. The second kappa shape index (κ2) is 5.75. The maximum absolute atomic E-state index is 9.24. The average Bonchev–Trinajstić information content (AvgIpc) is 2.72. The maximum atomic E-state index is 9.24. The van der Waals surface area contributed by atoms with E-state index in [4.69, 9.17) is 12.2 Å². The summed E-state index contributed by atoms with van der Waals surface area (Å²) in [7, 11) is 0. The van der Waals surface area contributed by atoms with Crippen LogP contribution in [0, 0.1) is 4.77 Å². The van der Waals surface area contributed by atoms with Gasteiger partial charge in [-0.2, -0.15) is 5.10 Å². The number of aliphatic hydroxyl groups is 1. The molecule has 1 aliphatic heterocycles. The van der Waals surface area contributed by atoms with Crippen LogP contribution in [0.4, 0.5) is 0 Å². The lowest BCUT2D eigenvalue weighted by Crippen LogP contribution is -2.35. The molecule has 2 heterocycles. The van der Waals surface area contributed by atoms with Crippen LogP contribution in [0.1, 0.15) is 38.1 Å². The molecule has 6 heteroatoms. The van der Waals surface area contributed by atoms with Crippen molar-refractivity contribution in [3.05, 3.63) is 10.6 Å². The summed E-state index contributed by atoms with van der Waals surface area (Å²) < 4.78 is 2.61. The van der Waals surface area contributed by atoms with Crippen molar-refractivity contribution in [2.24, 2.45) is 0 Å². The van der Waals surface area contributed by atoms with E-state index in [1.807, 2.05) is 4.57 Å². The number of aromatic nitrogens is 3. The molecular weight excluding hydrogens is 236 g/mol. The van der Waals surface area contributed by atoms with Gasteiger partial charge >= 0.3 is 0 Å². The Hall–Kier alpha value is -0.720. The van der Waals surface area contributed by atoms with Crippen molar-refractivity contribution in [2.45, 2.75) is 38.8 Å². The van der Waals surface area contributed by atoms with Crippen LogP contribution in [-0.4, -0.2) is 44.4 Å². The summed E-state index contributed by atoms with van der Waals surface area (Å²) in [5, 5.41) is 16.0. The molecule has 0 aromatic carbocycles. The summed E-state index contributed by atoms with van der Waals surface area (Å²) in [6.07, 6.45) is 3.37. The molecular formula is C11H20N4OS. The molecule has 5 nitrogen and oxygen atoms in total. The molecule has 0 saturated carbocycles. The third kappa shape index (κ3) is 2.75. The van der Waals surface area contributed by atoms with Crippen LogP contribution in [0.25, 0.3) is 0 Å². The molecule has 17 heavy (non-hydrogen) atoms. The zero-order valence-corrected chi connectivity index (χ0v) is 11.0. The lowest BCUT2D eigenvalue weighted by Gasteiger charge is -2.32. The Balaban J connectivity index is 2.05. The molecule has 2 rings (SSSR count). The van der Waals surface area contributed by atoms with Gasteiger partial charge in [-0.05, 0) is 38.0 Å². The molecule has 0 radical (unpaired) electrons. The molecule has 0 amide bonds. The van der Waals surface area contributed by atoms with E-state index in [-0.39, 0.29) is 6.61 Å². The molecule has 1 saturated heterocycles. The fourth-order valence-corrected chi connectivity index (χ4v) is 2.84. The largest absolute Gasteiger partial charge is 0.388 e. The van der Waals surface area contributed by atoms with E-state index >= 15 is 0 Å². The molecule has 0 bridgehead atoms. The summed E-state index contributed by atoms with van der Waals surface area (Å²) in [5.41, 5.74) is 0. The van der Waals surface area contributed by atoms with E-state index in [9.17, 15) is 5.11 Å². The summed E-state index contributed by atoms with van der Waals surface area (Å²) in [6.45, 7) is 5.55. The number of hydrogen-bond donors (Lipinski definition) is 2. The Morgan fingerprint density at radius 2 is 2.18 bits per heavy atom. The second-order valence-corrected chi connectivity index (χ2v) is 4.93. The van der Waals surface area contributed by atoms with Crippen molar-refractivity contribution >= 4 is 12.2 Å². The van der Waals surface area contributed by atoms with E-state index in [1.54, 1.807) is 0 Å². The Kier molecular flexibility index (Phi) is 4.31. The van der Waals surface area contributed by atoms with Crippen LogP contribution >= 0.6 is 12.2 Å². The highest BCUT2D eigenvalue weighted by Crippen LogP contribution is 2.23. The van der Waals surface area contributed by atoms with Crippen molar-refractivity contribution in [3.63, 3.8) is 0 Å². The lowest BCUT2D eigenvalue weighted by molar-refractivity contribution is 0.178. The van der Waals surface area contributed by atoms with Crippen LogP contribution < -0.4 is 0 Å². The molecule has 1 fully saturated rings. The fourth-order valence-electron chi connectivity index (χ4n) is 2.54. The Bertz CT molecular complexity index is 406. The van der Waals surface area contributed by atoms with E-state index in [0.717, 1.165) is 25.9 Å². The number of H-pyrrole nitrogens is 1. The van der Waals surface area contributed by atoms with Gasteiger partial charge in [0.1, 0.15) is 6.61 Å². The van der Waals surface area contributed by atoms with Gasteiger partial charge in [0, 0.05) is 19.1 Å². The van der Waals surface area contributed by atoms with Crippen molar-refractivity contribution in [1.29, 1.82) is 0 Å². The van der Waals surface area contributed by atoms with Crippen LogP contribution in [-0.2, 0) is 6.61 Å². The Morgan fingerprint density at radius 1 is 1.47 bits per heavy atom. The monoisotopic (exact) mass is 256 g/mol. The SMILES string of the molecule is CCCN1CCC(n2c(CO)n[nH]c2=S)CC1. The number of nitrogens with one attached hydrogen (secondary N) is 1. The van der Waals surface area contributed by atoms with Gasteiger partial charge in [-0.3, -0.25) is 9.67 Å². The molecule has 1 aromatic heterocycles. The number of aromatic amines is 1. The molecule has 0 spiro atoms. The minimum atomic E-state index is -0.0533. The van der Waals surface area contributed by atoms with Gasteiger partial charge in [-0.1, -0.05) is 6.92 Å². The predicted molar refractivity (Wildman–Crippen MR) is 68.3 cm³/mol. The van der Waals surface area contributed by atoms with Gasteiger partial charge in [0.15, 0.2) is 10.6 Å². The number of rotatable bonds is 4. The molecule has 2 N–H and O–H groups in total. The van der Waals surface area contributed by atoms with Crippen LogP contribution in [0.3, 0.4) is 0 Å². The number of nitrogens with zero attached hydrogens (tertiary/aromatic N) is 3. The normalized spacial score (nSPS) is 18.7. The van der Waals surface area contributed by atoms with Crippen molar-refractivity contribution in [1.82, 2.24) is 19.7 Å². The van der Waals surface area contributed by atoms with Crippen LogP contribution in [0.2, 0.25) is 0 Å². The third-order valence-electron chi connectivity index (χ3n) is 3.38. The van der Waals surface area contributed by atoms with Crippen LogP contribution in [0.5, 0.6) is 0 Å². The zero-order chi connectivity index (χ0) is 12.3. The number of hydrogen-bond acceptors (Lipinski definition) is 4. The summed E-state index contributed by atoms with van der Waals surface area (Å²) >= 11 is 5.22. The number of piperidine rings is 1. The van der Waals surface area contributed by atoms with Crippen molar-refractivity contribution in [3.8, 4) is 0 Å². The predicted octanol–water partition coefficient (Wildman–Crippen LogP) is 1.48. The second-order valence-electron chi connectivity index (χ2n) is 4.55. The Morgan fingerprint density at radius 3 is 2.76 bits per heavy atom. The minimum Gasteiger partial charge on any atom is -0.388 e. The Labute approximate surface area is 106 Å². The van der Waals surface area contributed by atoms with Crippen molar-refractivity contribution in [2.75, 3.05) is 19.6 Å². The van der Waals surface area contributed by atoms with E-state index in [2.05, 4.69) is 22.0 Å². The average molecular weight is 256 g/mol. The first-order chi connectivity index (χ1) is 8.26. The first-order valence-electron chi connectivity index (χ1n) is 6.25. The van der Waals surface area contributed by atoms with Gasteiger partial charge in [-0.15, -0.1) is 0 Å². The number of likely N-dealkylation sites (tertiary alicyclic amines) is 1. The smallest absolute Gasteiger partial charge is 0.195 e. The quantitative estimate of drug-likeness (QED) is 0.801. The standard InChI is InChI=1S/C11H20N4OS/c1-2-5-14-6-3-9(4-7-14)15-10(8-16)12-13-11(15)17/h9,16H,2-8H2,1H3,(H,13,17). The number of aliphatic hydroxyl groups excluding tert-OH is 1. The van der Waals surface area contributed by atoms with Gasteiger partial charge in [0.2, 0.25) is 0 Å². The molecule has 0 aliphatic carbocycles. The maximum Gasteiger partial charge on any atom is 0.195 e. The van der Waals surface area contributed by atoms with Gasteiger partial charge in [0.25, 0.3) is 0 Å². The van der Waals surface area contributed by atoms with Gasteiger partial charge < -0.3 is 10.0 Å². The van der Waals surface area contributed by atoms with E-state index < -0.39 is 0 Å². The highest BCUT2D eigenvalue weighted by molar-refractivity contribution is 7.71. The molecule has 1 aliphatic rings. The summed E-state index contributed by atoms with van der Waals surface area (Å²) in [5.74, 6) is 0.656. The van der Waals surface area contributed by atoms with E-state index in [1.165, 1.54) is 13.0 Å². The third-order valence-corrected chi connectivity index (χ3v) is 3.67. The topological polar surface area (TPSA) is 57.1 Å². The highest BCUT2D eigenvalue weighted by Gasteiger charge is 2.22. The summed E-state index contributed by atoms with van der Waals surface area (Å²) in [4.78, 5) is 2.48. The lowest BCUT2D eigenvalue weighted by atomic mass is 10.0. The first kappa shape index (κ1) is 12.7. The van der Waals surface area contributed by atoms with Gasteiger partial charge in [-0.25, -0.2) is 0 Å². The minimum absolute atomic E-state index is 0.0533.